The number of methoxy groups -OCH3 is 3. The summed E-state index contributed by atoms with van der Waals surface area (Å²) in [4.78, 5) is 4.57. The normalized spacial score (nSPS) is 12.0. The van der Waals surface area contributed by atoms with E-state index < -0.39 is 6.10 Å². The number of hydrogen-bond acceptors (Lipinski definition) is 7. The molecule has 0 fully saturated rings. The lowest BCUT2D eigenvalue weighted by molar-refractivity contribution is 0.217. The van der Waals surface area contributed by atoms with Crippen molar-refractivity contribution in [2.75, 3.05) is 27.1 Å². The number of ether oxygens (including phenoxy) is 3. The van der Waals surface area contributed by atoms with E-state index in [1.165, 1.54) is 32.7 Å². The number of anilines is 1. The van der Waals surface area contributed by atoms with E-state index in [4.69, 9.17) is 19.9 Å². The van der Waals surface area contributed by atoms with Crippen molar-refractivity contribution in [2.45, 2.75) is 6.10 Å². The molecule has 0 saturated carbocycles. The molecule has 1 atom stereocenters. The molecule has 0 amide bonds. The van der Waals surface area contributed by atoms with Crippen molar-refractivity contribution < 1.29 is 19.3 Å². The first kappa shape index (κ1) is 14.4. The van der Waals surface area contributed by atoms with Crippen LogP contribution in [0.15, 0.2) is 18.3 Å². The second-order valence-electron chi connectivity index (χ2n) is 3.95. The summed E-state index contributed by atoms with van der Waals surface area (Å²) in [5.74, 6) is 1.55. The maximum Gasteiger partial charge on any atom is 0.180 e. The maximum atomic E-state index is 10.4. The molecule has 2 rings (SSSR count). The topological polar surface area (TPSA) is 86.8 Å². The van der Waals surface area contributed by atoms with Crippen LogP contribution in [0.4, 0.5) is 5.13 Å². The van der Waals surface area contributed by atoms with Gasteiger partial charge in [0.25, 0.3) is 0 Å². The lowest BCUT2D eigenvalue weighted by Gasteiger charge is -2.17. The van der Waals surface area contributed by atoms with Gasteiger partial charge in [0, 0.05) is 17.8 Å². The lowest BCUT2D eigenvalue weighted by Crippen LogP contribution is -2.03. The zero-order valence-corrected chi connectivity index (χ0v) is 12.2. The Morgan fingerprint density at radius 3 is 2.20 bits per heavy atom. The molecule has 1 aromatic heterocycles. The number of thiazole rings is 1. The first-order valence-electron chi connectivity index (χ1n) is 5.79. The zero-order chi connectivity index (χ0) is 14.7. The van der Waals surface area contributed by atoms with E-state index in [-0.39, 0.29) is 0 Å². The highest BCUT2D eigenvalue weighted by molar-refractivity contribution is 7.15. The van der Waals surface area contributed by atoms with Crippen molar-refractivity contribution in [1.29, 1.82) is 0 Å². The molecule has 6 nitrogen and oxygen atoms in total. The molecular formula is C13H16N2O4S. The third-order valence-corrected chi connectivity index (χ3v) is 3.72. The first-order valence-corrected chi connectivity index (χ1v) is 6.61. The summed E-state index contributed by atoms with van der Waals surface area (Å²) in [7, 11) is 4.60. The molecule has 0 aliphatic rings. The third kappa shape index (κ3) is 2.63. The summed E-state index contributed by atoms with van der Waals surface area (Å²) in [5, 5.41) is 10.8. The molecule has 20 heavy (non-hydrogen) atoms. The van der Waals surface area contributed by atoms with Crippen LogP contribution in [0, 0.1) is 0 Å². The second kappa shape index (κ2) is 5.98. The van der Waals surface area contributed by atoms with Crippen LogP contribution in [0.2, 0.25) is 0 Å². The number of aromatic nitrogens is 1. The Balaban J connectivity index is 2.49. The Labute approximate surface area is 120 Å². The molecule has 7 heteroatoms. The minimum Gasteiger partial charge on any atom is -0.496 e. The summed E-state index contributed by atoms with van der Waals surface area (Å²) in [6.45, 7) is 0. The van der Waals surface area contributed by atoms with Gasteiger partial charge in [0.05, 0.1) is 26.2 Å². The van der Waals surface area contributed by atoms with Crippen LogP contribution in [-0.4, -0.2) is 31.4 Å². The van der Waals surface area contributed by atoms with E-state index in [1.54, 1.807) is 18.3 Å². The lowest BCUT2D eigenvalue weighted by atomic mass is 10.1. The first-order chi connectivity index (χ1) is 9.60. The van der Waals surface area contributed by atoms with Gasteiger partial charge in [-0.15, -0.1) is 0 Å². The van der Waals surface area contributed by atoms with Gasteiger partial charge in [0.15, 0.2) is 16.6 Å². The molecule has 0 bridgehead atoms. The van der Waals surface area contributed by atoms with Crippen molar-refractivity contribution in [3.05, 3.63) is 28.8 Å². The number of nitrogens with zero attached hydrogens (tertiary/aromatic N) is 1. The van der Waals surface area contributed by atoms with Crippen LogP contribution < -0.4 is 19.9 Å². The summed E-state index contributed by atoms with van der Waals surface area (Å²) in [6, 6.07) is 3.35. The van der Waals surface area contributed by atoms with E-state index in [0.717, 1.165) is 0 Å². The molecule has 0 saturated heterocycles. The predicted octanol–water partition coefficient (Wildman–Crippen LogP) is 1.83. The van der Waals surface area contributed by atoms with Gasteiger partial charge in [-0.1, -0.05) is 11.3 Å². The summed E-state index contributed by atoms with van der Waals surface area (Å²) < 4.78 is 15.7. The summed E-state index contributed by atoms with van der Waals surface area (Å²) in [6.07, 6.45) is 0.653. The van der Waals surface area contributed by atoms with Crippen LogP contribution in [0.5, 0.6) is 17.2 Å². The van der Waals surface area contributed by atoms with E-state index in [1.807, 2.05) is 0 Å². The molecule has 0 radical (unpaired) electrons. The summed E-state index contributed by atoms with van der Waals surface area (Å²) in [5.41, 5.74) is 6.15. The van der Waals surface area contributed by atoms with Crippen LogP contribution >= 0.6 is 11.3 Å². The van der Waals surface area contributed by atoms with E-state index in [0.29, 0.717) is 32.8 Å². The fraction of sp³-hybridized carbons (Fsp3) is 0.308. The highest BCUT2D eigenvalue weighted by Gasteiger charge is 2.21. The molecule has 1 aromatic carbocycles. The highest BCUT2D eigenvalue weighted by Crippen LogP contribution is 2.40. The van der Waals surface area contributed by atoms with Gasteiger partial charge in [-0.3, -0.25) is 0 Å². The molecule has 108 valence electrons. The quantitative estimate of drug-likeness (QED) is 0.875. The predicted molar refractivity (Wildman–Crippen MR) is 76.7 cm³/mol. The van der Waals surface area contributed by atoms with Crippen molar-refractivity contribution in [3.63, 3.8) is 0 Å². The largest absolute Gasteiger partial charge is 0.496 e. The number of nitrogens with two attached hydrogens (primary N) is 1. The van der Waals surface area contributed by atoms with E-state index >= 15 is 0 Å². The maximum absolute atomic E-state index is 10.4. The number of rotatable bonds is 5. The molecule has 0 aliphatic heterocycles. The van der Waals surface area contributed by atoms with Gasteiger partial charge in [-0.25, -0.2) is 4.98 Å². The Hall–Kier alpha value is -1.99. The Morgan fingerprint density at radius 1 is 1.10 bits per heavy atom. The van der Waals surface area contributed by atoms with E-state index in [2.05, 4.69) is 4.98 Å². The third-order valence-electron chi connectivity index (χ3n) is 2.84. The molecular weight excluding hydrogens is 280 g/mol. The second-order valence-corrected chi connectivity index (χ2v) is 5.05. The Morgan fingerprint density at radius 2 is 1.70 bits per heavy atom. The number of benzene rings is 1. The Bertz CT molecular complexity index is 600. The van der Waals surface area contributed by atoms with Gasteiger partial charge < -0.3 is 25.1 Å². The summed E-state index contributed by atoms with van der Waals surface area (Å²) >= 11 is 1.22. The fourth-order valence-electron chi connectivity index (χ4n) is 1.85. The highest BCUT2D eigenvalue weighted by atomic mass is 32.1. The fourth-order valence-corrected chi connectivity index (χ4v) is 2.54. The van der Waals surface area contributed by atoms with Crippen LogP contribution in [0.3, 0.4) is 0 Å². The number of nitrogen functional groups attached to an aromatic ring is 1. The van der Waals surface area contributed by atoms with Crippen LogP contribution in [0.25, 0.3) is 0 Å². The standard InChI is InChI=1S/C13H16N2O4S/c1-17-8-5-10(19-3)9(18-2)4-7(8)12(16)11-6-15-13(14)20-11/h4-6,12,16H,1-3H3,(H2,14,15). The van der Waals surface area contributed by atoms with Gasteiger partial charge in [0.1, 0.15) is 11.9 Å². The molecule has 2 aromatic rings. The minimum absolute atomic E-state index is 0.401. The van der Waals surface area contributed by atoms with Crippen molar-refractivity contribution in [3.8, 4) is 17.2 Å². The van der Waals surface area contributed by atoms with E-state index in [9.17, 15) is 5.11 Å². The number of aliphatic hydroxyl groups excluding tert-OH is 1. The average molecular weight is 296 g/mol. The monoisotopic (exact) mass is 296 g/mol. The average Bonchev–Trinajstić information content (AvgIpc) is 2.91. The SMILES string of the molecule is COc1cc(OC)c(C(O)c2cnc(N)s2)cc1OC. The number of aliphatic hydroxyl groups is 1. The molecule has 0 spiro atoms. The smallest absolute Gasteiger partial charge is 0.180 e. The molecule has 3 N–H and O–H groups in total. The number of hydrogen-bond donors (Lipinski definition) is 2. The molecule has 1 unspecified atom stereocenters. The zero-order valence-electron chi connectivity index (χ0n) is 11.4. The molecule has 1 heterocycles. The Kier molecular flexibility index (Phi) is 4.31. The van der Waals surface area contributed by atoms with Crippen molar-refractivity contribution in [2.24, 2.45) is 0 Å². The van der Waals surface area contributed by atoms with Gasteiger partial charge in [-0.05, 0) is 6.07 Å². The van der Waals surface area contributed by atoms with Crippen molar-refractivity contribution >= 4 is 16.5 Å². The van der Waals surface area contributed by atoms with Gasteiger partial charge in [0.2, 0.25) is 0 Å². The van der Waals surface area contributed by atoms with Gasteiger partial charge >= 0.3 is 0 Å². The van der Waals surface area contributed by atoms with Crippen LogP contribution in [0.1, 0.15) is 16.5 Å². The molecule has 0 aliphatic carbocycles. The van der Waals surface area contributed by atoms with Crippen LogP contribution in [-0.2, 0) is 0 Å². The minimum atomic E-state index is -0.889. The van der Waals surface area contributed by atoms with Gasteiger partial charge in [-0.2, -0.15) is 0 Å². The van der Waals surface area contributed by atoms with Crippen molar-refractivity contribution in [1.82, 2.24) is 4.98 Å².